The lowest BCUT2D eigenvalue weighted by Crippen LogP contribution is -2.48. The maximum absolute atomic E-state index is 5.46. The number of oxazole rings is 1. The Hall–Kier alpha value is -0.830. The highest BCUT2D eigenvalue weighted by atomic mass is 16.3. The Kier molecular flexibility index (Phi) is 2.28. The first kappa shape index (κ1) is 9.40. The Bertz CT molecular complexity index is 347. The van der Waals surface area contributed by atoms with Crippen LogP contribution in [0.2, 0.25) is 0 Å². The van der Waals surface area contributed by atoms with Crippen LogP contribution in [0, 0.1) is 5.92 Å². The van der Waals surface area contributed by atoms with Crippen LogP contribution in [0.15, 0.2) is 10.8 Å². The number of hydrogen-bond acceptors (Lipinski definition) is 3. The third kappa shape index (κ3) is 1.49. The molecule has 2 heterocycles. The van der Waals surface area contributed by atoms with E-state index in [1.54, 1.807) is 6.39 Å². The number of fused-ring (bicyclic) bond motifs is 2. The predicted molar refractivity (Wildman–Crippen MR) is 57.7 cm³/mol. The van der Waals surface area contributed by atoms with E-state index < -0.39 is 0 Å². The van der Waals surface area contributed by atoms with Gasteiger partial charge >= 0.3 is 0 Å². The molecule has 2 atom stereocenters. The summed E-state index contributed by atoms with van der Waals surface area (Å²) < 4.78 is 5.46. The number of likely N-dealkylation sites (N-methyl/N-ethyl adjacent to an activating group) is 1. The van der Waals surface area contributed by atoms with Crippen LogP contribution in [0.3, 0.4) is 0 Å². The van der Waals surface area contributed by atoms with Crippen LogP contribution in [0.4, 0.5) is 0 Å². The zero-order chi connectivity index (χ0) is 10.3. The molecule has 1 aromatic heterocycles. The molecule has 82 valence electrons. The quantitative estimate of drug-likeness (QED) is 0.702. The van der Waals surface area contributed by atoms with Gasteiger partial charge in [-0.2, -0.15) is 0 Å². The largest absolute Gasteiger partial charge is 0.448 e. The molecular formula is C12H18N2O. The van der Waals surface area contributed by atoms with Crippen molar-refractivity contribution in [3.05, 3.63) is 17.8 Å². The highest BCUT2D eigenvalue weighted by molar-refractivity contribution is 5.16. The van der Waals surface area contributed by atoms with E-state index >= 15 is 0 Å². The fourth-order valence-corrected chi connectivity index (χ4v) is 3.20. The minimum absolute atomic E-state index is 0.712. The van der Waals surface area contributed by atoms with Crippen molar-refractivity contribution in [3.8, 4) is 0 Å². The molecule has 1 aliphatic heterocycles. The molecule has 15 heavy (non-hydrogen) atoms. The van der Waals surface area contributed by atoms with Gasteiger partial charge in [0, 0.05) is 12.5 Å². The summed E-state index contributed by atoms with van der Waals surface area (Å²) in [6, 6.07) is 0.712. The zero-order valence-electron chi connectivity index (χ0n) is 9.28. The van der Waals surface area contributed by atoms with E-state index in [0.717, 1.165) is 24.5 Å². The number of nitrogens with zero attached hydrogens (tertiary/aromatic N) is 2. The van der Waals surface area contributed by atoms with Crippen molar-refractivity contribution in [2.75, 3.05) is 13.1 Å². The van der Waals surface area contributed by atoms with Crippen molar-refractivity contribution < 1.29 is 4.42 Å². The lowest BCUT2D eigenvalue weighted by Gasteiger charge is -2.42. The second-order valence-corrected chi connectivity index (χ2v) is 4.73. The molecule has 3 heteroatoms. The van der Waals surface area contributed by atoms with Gasteiger partial charge in [-0.25, -0.2) is 4.98 Å². The van der Waals surface area contributed by atoms with Crippen LogP contribution in [-0.2, 0) is 12.8 Å². The van der Waals surface area contributed by atoms with Gasteiger partial charge < -0.3 is 4.42 Å². The zero-order valence-corrected chi connectivity index (χ0v) is 9.28. The first-order valence-electron chi connectivity index (χ1n) is 6.03. The lowest BCUT2D eigenvalue weighted by atomic mass is 9.79. The molecule has 0 bridgehead atoms. The molecule has 0 spiro atoms. The molecule has 2 unspecified atom stereocenters. The van der Waals surface area contributed by atoms with Crippen LogP contribution < -0.4 is 0 Å². The van der Waals surface area contributed by atoms with Crippen molar-refractivity contribution >= 4 is 0 Å². The Labute approximate surface area is 90.5 Å². The Morgan fingerprint density at radius 2 is 2.47 bits per heavy atom. The van der Waals surface area contributed by atoms with Crippen LogP contribution in [-0.4, -0.2) is 29.0 Å². The van der Waals surface area contributed by atoms with Crippen molar-refractivity contribution in [3.63, 3.8) is 0 Å². The molecular weight excluding hydrogens is 188 g/mol. The van der Waals surface area contributed by atoms with Crippen molar-refractivity contribution in [1.29, 1.82) is 0 Å². The monoisotopic (exact) mass is 206 g/mol. The van der Waals surface area contributed by atoms with E-state index in [2.05, 4.69) is 16.8 Å². The molecule has 0 amide bonds. The molecule has 1 aliphatic carbocycles. The van der Waals surface area contributed by atoms with Crippen molar-refractivity contribution in [2.45, 2.75) is 38.6 Å². The summed E-state index contributed by atoms with van der Waals surface area (Å²) >= 11 is 0. The summed E-state index contributed by atoms with van der Waals surface area (Å²) in [7, 11) is 0. The van der Waals surface area contributed by atoms with E-state index in [4.69, 9.17) is 4.42 Å². The van der Waals surface area contributed by atoms with Gasteiger partial charge in [0.05, 0.1) is 5.69 Å². The van der Waals surface area contributed by atoms with Gasteiger partial charge in [-0.3, -0.25) is 4.90 Å². The van der Waals surface area contributed by atoms with Crippen LogP contribution >= 0.6 is 0 Å². The molecule has 0 aromatic carbocycles. The standard InChI is InChI=1S/C12H18N2O/c1-2-14-5-3-4-9-6-10-12(7-11(9)14)15-8-13-10/h8-9,11H,2-7H2,1H3. The van der Waals surface area contributed by atoms with E-state index in [1.807, 2.05) is 0 Å². The summed E-state index contributed by atoms with van der Waals surface area (Å²) in [4.78, 5) is 6.92. The summed E-state index contributed by atoms with van der Waals surface area (Å²) in [6.45, 7) is 4.70. The molecule has 0 radical (unpaired) electrons. The number of likely N-dealkylation sites (tertiary alicyclic amines) is 1. The summed E-state index contributed by atoms with van der Waals surface area (Å²) in [6.07, 6.45) is 6.54. The third-order valence-electron chi connectivity index (χ3n) is 4.02. The fraction of sp³-hybridized carbons (Fsp3) is 0.750. The van der Waals surface area contributed by atoms with E-state index in [0.29, 0.717) is 6.04 Å². The molecule has 1 aromatic rings. The molecule has 2 aliphatic rings. The Morgan fingerprint density at radius 1 is 1.53 bits per heavy atom. The predicted octanol–water partition coefficient (Wildman–Crippen LogP) is 1.87. The van der Waals surface area contributed by atoms with E-state index in [1.165, 1.54) is 31.6 Å². The normalized spacial score (nSPS) is 31.0. The highest BCUT2D eigenvalue weighted by Gasteiger charge is 2.36. The van der Waals surface area contributed by atoms with Gasteiger partial charge in [0.2, 0.25) is 0 Å². The highest BCUT2D eigenvalue weighted by Crippen LogP contribution is 2.34. The van der Waals surface area contributed by atoms with Crippen LogP contribution in [0.25, 0.3) is 0 Å². The molecule has 3 nitrogen and oxygen atoms in total. The Balaban J connectivity index is 1.87. The maximum Gasteiger partial charge on any atom is 0.181 e. The van der Waals surface area contributed by atoms with Gasteiger partial charge in [-0.1, -0.05) is 6.92 Å². The number of hydrogen-bond donors (Lipinski definition) is 0. The van der Waals surface area contributed by atoms with Gasteiger partial charge in [0.25, 0.3) is 0 Å². The summed E-state index contributed by atoms with van der Waals surface area (Å²) in [5.74, 6) is 1.95. The van der Waals surface area contributed by atoms with Gasteiger partial charge in [-0.05, 0) is 38.3 Å². The van der Waals surface area contributed by atoms with Crippen LogP contribution in [0.1, 0.15) is 31.2 Å². The topological polar surface area (TPSA) is 29.3 Å². The van der Waals surface area contributed by atoms with Crippen LogP contribution in [0.5, 0.6) is 0 Å². The summed E-state index contributed by atoms with van der Waals surface area (Å²) in [5.41, 5.74) is 1.22. The van der Waals surface area contributed by atoms with Gasteiger partial charge in [0.15, 0.2) is 6.39 Å². The van der Waals surface area contributed by atoms with Crippen molar-refractivity contribution in [1.82, 2.24) is 9.88 Å². The first-order valence-corrected chi connectivity index (χ1v) is 6.03. The van der Waals surface area contributed by atoms with E-state index in [-0.39, 0.29) is 0 Å². The third-order valence-corrected chi connectivity index (χ3v) is 4.02. The molecule has 0 saturated carbocycles. The SMILES string of the molecule is CCN1CCCC2Cc3ncoc3CC21. The van der Waals surface area contributed by atoms with Gasteiger partial charge in [-0.15, -0.1) is 0 Å². The first-order chi connectivity index (χ1) is 7.38. The minimum Gasteiger partial charge on any atom is -0.448 e. The maximum atomic E-state index is 5.46. The average molecular weight is 206 g/mol. The molecule has 1 fully saturated rings. The lowest BCUT2D eigenvalue weighted by molar-refractivity contribution is 0.0850. The molecule has 3 rings (SSSR count). The van der Waals surface area contributed by atoms with Gasteiger partial charge in [0.1, 0.15) is 5.76 Å². The number of rotatable bonds is 1. The second kappa shape index (κ2) is 3.63. The Morgan fingerprint density at radius 3 is 3.33 bits per heavy atom. The van der Waals surface area contributed by atoms with Crippen molar-refractivity contribution in [2.24, 2.45) is 5.92 Å². The molecule has 1 saturated heterocycles. The summed E-state index contributed by atoms with van der Waals surface area (Å²) in [5, 5.41) is 0. The fourth-order valence-electron chi connectivity index (χ4n) is 3.20. The smallest absolute Gasteiger partial charge is 0.181 e. The average Bonchev–Trinajstić information content (AvgIpc) is 2.72. The number of piperidine rings is 1. The minimum atomic E-state index is 0.712. The number of aromatic nitrogens is 1. The molecule has 0 N–H and O–H groups in total. The van der Waals surface area contributed by atoms with E-state index in [9.17, 15) is 0 Å². The second-order valence-electron chi connectivity index (χ2n) is 4.73.